The molecule has 1 heterocycles. The summed E-state index contributed by atoms with van der Waals surface area (Å²) in [4.78, 5) is 19.5. The van der Waals surface area contributed by atoms with E-state index in [0.29, 0.717) is 0 Å². The third-order valence-corrected chi connectivity index (χ3v) is 9.88. The van der Waals surface area contributed by atoms with E-state index in [4.69, 9.17) is 0 Å². The average Bonchev–Trinajstić information content (AvgIpc) is 3.36. The average molecular weight is 556 g/mol. The summed E-state index contributed by atoms with van der Waals surface area (Å²) in [6.45, 7) is 0.147. The Morgan fingerprint density at radius 2 is 1.68 bits per heavy atom. The third kappa shape index (κ3) is 5.34. The number of carbonyl (C=O) groups is 1. The van der Waals surface area contributed by atoms with Crippen molar-refractivity contribution in [3.8, 4) is 0 Å². The predicted octanol–water partition coefficient (Wildman–Crippen LogP) is 6.37. The number of fused-ring (bicyclic) bond motifs is 1. The number of benzene rings is 3. The van der Waals surface area contributed by atoms with Gasteiger partial charge in [0.25, 0.3) is 5.91 Å². The maximum Gasteiger partial charge on any atom is 0.260 e. The molecule has 5 rings (SSSR count). The minimum absolute atomic E-state index is 0.00977. The van der Waals surface area contributed by atoms with E-state index >= 15 is 0 Å². The Morgan fingerprint density at radius 1 is 1.00 bits per heavy atom. The lowest BCUT2D eigenvalue weighted by Gasteiger charge is -2.30. The van der Waals surface area contributed by atoms with Crippen LogP contribution in [-0.4, -0.2) is 36.7 Å². The predicted molar refractivity (Wildman–Crippen MR) is 145 cm³/mol. The Balaban J connectivity index is 1.46. The first kappa shape index (κ1) is 26.4. The van der Waals surface area contributed by atoms with Crippen LogP contribution in [0.2, 0.25) is 0 Å². The van der Waals surface area contributed by atoms with Crippen LogP contribution in [0.3, 0.4) is 0 Å². The first-order valence-corrected chi connectivity index (χ1v) is 14.7. The van der Waals surface area contributed by atoms with Crippen molar-refractivity contribution in [2.45, 2.75) is 49.6 Å². The molecule has 0 saturated heterocycles. The molecule has 10 heteroatoms. The minimum atomic E-state index is -3.71. The van der Waals surface area contributed by atoms with Gasteiger partial charge in [-0.05, 0) is 48.7 Å². The molecule has 198 valence electrons. The molecule has 0 spiro atoms. The largest absolute Gasteiger partial charge is 0.279 e. The van der Waals surface area contributed by atoms with Crippen LogP contribution in [0.25, 0.3) is 10.2 Å². The summed E-state index contributed by atoms with van der Waals surface area (Å²) >= 11 is 1.01. The summed E-state index contributed by atoms with van der Waals surface area (Å²) in [5, 5.41) is 0.215. The van der Waals surface area contributed by atoms with E-state index in [0.717, 1.165) is 55.1 Å². The number of thiazole rings is 1. The number of aromatic nitrogens is 1. The molecular formula is C28H27F2N3O3S2. The van der Waals surface area contributed by atoms with Crippen LogP contribution in [0.5, 0.6) is 0 Å². The molecule has 0 aliphatic heterocycles. The van der Waals surface area contributed by atoms with Crippen LogP contribution in [0, 0.1) is 11.6 Å². The number of nitrogens with zero attached hydrogens (tertiary/aromatic N) is 3. The standard InChI is InChI=1S/C28H27F2N3O3S2/c1-32(22-10-6-3-7-11-22)38(35,36)23-14-12-20(13-15-23)27(34)33(18-19-8-4-2-5-9-19)28-31-26-24(30)16-21(29)17-25(26)37-28/h2,4-5,8-9,12-17,22H,3,6-7,10-11,18H2,1H3. The number of halogens is 2. The quantitative estimate of drug-likeness (QED) is 0.266. The number of hydrogen-bond donors (Lipinski definition) is 0. The van der Waals surface area contributed by atoms with E-state index < -0.39 is 27.6 Å². The Kier molecular flexibility index (Phi) is 7.56. The first-order valence-electron chi connectivity index (χ1n) is 12.4. The zero-order valence-electron chi connectivity index (χ0n) is 20.8. The molecule has 38 heavy (non-hydrogen) atoms. The highest BCUT2D eigenvalue weighted by molar-refractivity contribution is 7.89. The second-order valence-corrected chi connectivity index (χ2v) is 12.5. The number of rotatable bonds is 7. The monoisotopic (exact) mass is 555 g/mol. The second-order valence-electron chi connectivity index (χ2n) is 9.45. The summed E-state index contributed by atoms with van der Waals surface area (Å²) in [5.74, 6) is -1.95. The zero-order valence-corrected chi connectivity index (χ0v) is 22.4. The Bertz CT molecular complexity index is 1550. The van der Waals surface area contributed by atoms with Gasteiger partial charge in [0.1, 0.15) is 11.3 Å². The summed E-state index contributed by atoms with van der Waals surface area (Å²) < 4.78 is 56.3. The highest BCUT2D eigenvalue weighted by atomic mass is 32.2. The van der Waals surface area contributed by atoms with Crippen molar-refractivity contribution in [2.75, 3.05) is 11.9 Å². The van der Waals surface area contributed by atoms with E-state index in [-0.39, 0.29) is 38.4 Å². The van der Waals surface area contributed by atoms with Crippen LogP contribution in [0.4, 0.5) is 13.9 Å². The van der Waals surface area contributed by atoms with Crippen LogP contribution < -0.4 is 4.90 Å². The lowest BCUT2D eigenvalue weighted by molar-refractivity contribution is 0.0985. The third-order valence-electron chi connectivity index (χ3n) is 6.93. The van der Waals surface area contributed by atoms with Crippen molar-refractivity contribution in [3.05, 3.63) is 89.5 Å². The molecular weight excluding hydrogens is 528 g/mol. The number of amides is 1. The van der Waals surface area contributed by atoms with E-state index in [1.54, 1.807) is 7.05 Å². The van der Waals surface area contributed by atoms with Gasteiger partial charge in [0.2, 0.25) is 10.0 Å². The van der Waals surface area contributed by atoms with Gasteiger partial charge in [0, 0.05) is 24.7 Å². The molecule has 1 aromatic heterocycles. The number of hydrogen-bond acceptors (Lipinski definition) is 5. The van der Waals surface area contributed by atoms with Crippen LogP contribution >= 0.6 is 11.3 Å². The highest BCUT2D eigenvalue weighted by Gasteiger charge is 2.30. The van der Waals surface area contributed by atoms with E-state index in [2.05, 4.69) is 4.98 Å². The molecule has 1 aliphatic carbocycles. The Morgan fingerprint density at radius 3 is 2.37 bits per heavy atom. The highest BCUT2D eigenvalue weighted by Crippen LogP contribution is 2.33. The van der Waals surface area contributed by atoms with E-state index in [1.807, 2.05) is 30.3 Å². The fourth-order valence-electron chi connectivity index (χ4n) is 4.79. The van der Waals surface area contributed by atoms with Gasteiger partial charge in [-0.25, -0.2) is 22.2 Å². The molecule has 0 unspecified atom stereocenters. The van der Waals surface area contributed by atoms with Crippen molar-refractivity contribution in [1.82, 2.24) is 9.29 Å². The summed E-state index contributed by atoms with van der Waals surface area (Å²) in [6.07, 6.45) is 4.83. The normalized spacial score (nSPS) is 14.7. The maximum absolute atomic E-state index is 14.4. The van der Waals surface area contributed by atoms with Crippen LogP contribution in [-0.2, 0) is 16.6 Å². The van der Waals surface area contributed by atoms with Gasteiger partial charge in [-0.15, -0.1) is 0 Å². The number of sulfonamides is 1. The lowest BCUT2D eigenvalue weighted by atomic mass is 9.96. The molecule has 0 bridgehead atoms. The van der Waals surface area contributed by atoms with Crippen LogP contribution in [0.1, 0.15) is 48.0 Å². The molecule has 4 aromatic rings. The van der Waals surface area contributed by atoms with Crippen molar-refractivity contribution in [1.29, 1.82) is 0 Å². The van der Waals surface area contributed by atoms with E-state index in [9.17, 15) is 22.0 Å². The topological polar surface area (TPSA) is 70.6 Å². The van der Waals surface area contributed by atoms with Crippen molar-refractivity contribution in [2.24, 2.45) is 0 Å². The van der Waals surface area contributed by atoms with Crippen LogP contribution in [0.15, 0.2) is 71.6 Å². The molecule has 6 nitrogen and oxygen atoms in total. The number of anilines is 1. The SMILES string of the molecule is CN(C1CCCCC1)S(=O)(=O)c1ccc(C(=O)N(Cc2ccccc2)c2nc3c(F)cc(F)cc3s2)cc1. The van der Waals surface area contributed by atoms with E-state index in [1.165, 1.54) is 39.5 Å². The van der Waals surface area contributed by atoms with Gasteiger partial charge in [-0.1, -0.05) is 60.9 Å². The van der Waals surface area contributed by atoms with Gasteiger partial charge in [-0.3, -0.25) is 9.69 Å². The zero-order chi connectivity index (χ0) is 26.9. The molecule has 1 saturated carbocycles. The molecule has 1 aliphatic rings. The fraction of sp³-hybridized carbons (Fsp3) is 0.286. The minimum Gasteiger partial charge on any atom is -0.279 e. The van der Waals surface area contributed by atoms with Gasteiger partial charge >= 0.3 is 0 Å². The summed E-state index contributed by atoms with van der Waals surface area (Å²) in [5.41, 5.74) is 1.07. The molecule has 0 N–H and O–H groups in total. The Labute approximate surface area is 224 Å². The maximum atomic E-state index is 14.4. The first-order chi connectivity index (χ1) is 18.2. The van der Waals surface area contributed by atoms with Crippen molar-refractivity contribution < 1.29 is 22.0 Å². The molecule has 3 aromatic carbocycles. The van der Waals surface area contributed by atoms with Crippen molar-refractivity contribution in [3.63, 3.8) is 0 Å². The number of carbonyl (C=O) groups excluding carboxylic acids is 1. The molecule has 0 radical (unpaired) electrons. The smallest absolute Gasteiger partial charge is 0.260 e. The molecule has 1 amide bonds. The van der Waals surface area contributed by atoms with Gasteiger partial charge in [-0.2, -0.15) is 4.31 Å². The fourth-order valence-corrected chi connectivity index (χ4v) is 7.20. The molecule has 1 fully saturated rings. The second kappa shape index (κ2) is 10.9. The summed E-state index contributed by atoms with van der Waals surface area (Å²) in [6, 6.07) is 17.0. The molecule has 0 atom stereocenters. The van der Waals surface area contributed by atoms with Gasteiger partial charge in [0.15, 0.2) is 10.9 Å². The van der Waals surface area contributed by atoms with Gasteiger partial charge in [0.05, 0.1) is 16.1 Å². The Hall–Kier alpha value is -3.21. The van der Waals surface area contributed by atoms with Gasteiger partial charge < -0.3 is 0 Å². The van der Waals surface area contributed by atoms with Crippen molar-refractivity contribution >= 4 is 42.6 Å². The lowest BCUT2D eigenvalue weighted by Crippen LogP contribution is -2.38. The summed E-state index contributed by atoms with van der Waals surface area (Å²) in [7, 11) is -2.10.